The number of nitrogens with one attached hydrogen (secondary N) is 1. The maximum atomic E-state index is 12.7. The predicted octanol–water partition coefficient (Wildman–Crippen LogP) is 3.16. The number of hydrogen-bond donors (Lipinski definition) is 2. The molecule has 0 atom stereocenters. The van der Waals surface area contributed by atoms with Crippen molar-refractivity contribution < 1.29 is 4.79 Å². The van der Waals surface area contributed by atoms with Gasteiger partial charge in [0.25, 0.3) is 0 Å². The average molecular weight is 275 g/mol. The quantitative estimate of drug-likeness (QED) is 0.556. The monoisotopic (exact) mass is 275 g/mol. The van der Waals surface area contributed by atoms with Crippen LogP contribution in [0.25, 0.3) is 10.9 Å². The molecule has 0 aliphatic heterocycles. The Morgan fingerprint density at radius 3 is 2.76 bits per heavy atom. The largest absolute Gasteiger partial charge is 0.398 e. The number of nitrogens with two attached hydrogens (primary N) is 1. The van der Waals surface area contributed by atoms with Crippen molar-refractivity contribution in [1.82, 2.24) is 4.98 Å². The van der Waals surface area contributed by atoms with Crippen LogP contribution in [0.3, 0.4) is 0 Å². The lowest BCUT2D eigenvalue weighted by Gasteiger charge is -2.05. The van der Waals surface area contributed by atoms with Gasteiger partial charge in [0, 0.05) is 33.9 Å². The minimum Gasteiger partial charge on any atom is -0.398 e. The highest BCUT2D eigenvalue weighted by Crippen LogP contribution is 2.25. The van der Waals surface area contributed by atoms with Crippen LogP contribution < -0.4 is 5.73 Å². The van der Waals surface area contributed by atoms with Gasteiger partial charge in [-0.1, -0.05) is 17.7 Å². The third-order valence-corrected chi connectivity index (χ3v) is 3.51. The van der Waals surface area contributed by atoms with Crippen molar-refractivity contribution in [2.24, 2.45) is 0 Å². The third-order valence-electron chi connectivity index (χ3n) is 3.51. The number of aromatic nitrogens is 1. The first kappa shape index (κ1) is 12.9. The number of nitrogens with zero attached hydrogens (tertiary/aromatic N) is 1. The Morgan fingerprint density at radius 1 is 1.19 bits per heavy atom. The second kappa shape index (κ2) is 4.80. The van der Waals surface area contributed by atoms with Crippen LogP contribution in [0.5, 0.6) is 0 Å². The molecule has 3 aromatic rings. The molecule has 1 heterocycles. The van der Waals surface area contributed by atoms with Crippen molar-refractivity contribution in [2.45, 2.75) is 6.92 Å². The summed E-state index contributed by atoms with van der Waals surface area (Å²) in [5, 5.41) is 9.70. The first-order valence-corrected chi connectivity index (χ1v) is 6.52. The van der Waals surface area contributed by atoms with Crippen LogP contribution in [0.15, 0.2) is 42.6 Å². The number of carbonyl (C=O) groups is 1. The summed E-state index contributed by atoms with van der Waals surface area (Å²) in [5.41, 5.74) is 9.75. The number of fused-ring (bicyclic) bond motifs is 1. The van der Waals surface area contributed by atoms with E-state index in [2.05, 4.69) is 11.1 Å². The van der Waals surface area contributed by atoms with Crippen LogP contribution in [0, 0.1) is 18.3 Å². The third kappa shape index (κ3) is 2.15. The van der Waals surface area contributed by atoms with E-state index in [0.717, 1.165) is 16.5 Å². The number of hydrogen-bond acceptors (Lipinski definition) is 3. The van der Waals surface area contributed by atoms with Crippen molar-refractivity contribution in [1.29, 1.82) is 5.26 Å². The molecule has 4 heteroatoms. The van der Waals surface area contributed by atoms with Gasteiger partial charge in [0.05, 0.1) is 11.6 Å². The second-order valence-corrected chi connectivity index (χ2v) is 4.99. The van der Waals surface area contributed by atoms with Gasteiger partial charge in [-0.2, -0.15) is 5.26 Å². The molecule has 3 rings (SSSR count). The zero-order valence-electron chi connectivity index (χ0n) is 11.5. The van der Waals surface area contributed by atoms with Crippen molar-refractivity contribution in [3.8, 4) is 6.07 Å². The van der Waals surface area contributed by atoms with E-state index in [9.17, 15) is 4.79 Å². The van der Waals surface area contributed by atoms with E-state index < -0.39 is 0 Å². The Balaban J connectivity index is 2.14. The summed E-state index contributed by atoms with van der Waals surface area (Å²) in [7, 11) is 0. The Bertz CT molecular complexity index is 900. The van der Waals surface area contributed by atoms with E-state index >= 15 is 0 Å². The SMILES string of the molecule is Cc1ccc(N)c(C(=O)c2c[nH]c3cc(C#N)ccc23)c1. The van der Waals surface area contributed by atoms with Crippen molar-refractivity contribution >= 4 is 22.4 Å². The molecule has 0 aliphatic rings. The number of benzene rings is 2. The zero-order chi connectivity index (χ0) is 15.0. The summed E-state index contributed by atoms with van der Waals surface area (Å²) in [6, 6.07) is 12.7. The lowest BCUT2D eigenvalue weighted by Crippen LogP contribution is -2.05. The number of rotatable bonds is 2. The van der Waals surface area contributed by atoms with Crippen molar-refractivity contribution in [3.05, 3.63) is 64.8 Å². The normalized spacial score (nSPS) is 10.5. The fourth-order valence-corrected chi connectivity index (χ4v) is 2.40. The Hall–Kier alpha value is -3.06. The Kier molecular flexibility index (Phi) is 2.96. The van der Waals surface area contributed by atoms with E-state index in [1.807, 2.05) is 13.0 Å². The smallest absolute Gasteiger partial charge is 0.197 e. The van der Waals surface area contributed by atoms with Crippen LogP contribution >= 0.6 is 0 Å². The molecule has 4 nitrogen and oxygen atoms in total. The molecular formula is C17H13N3O. The lowest BCUT2D eigenvalue weighted by atomic mass is 9.99. The van der Waals surface area contributed by atoms with Crippen LogP contribution in [-0.2, 0) is 0 Å². The molecule has 0 unspecified atom stereocenters. The lowest BCUT2D eigenvalue weighted by molar-refractivity contribution is 0.104. The minimum atomic E-state index is -0.118. The summed E-state index contributed by atoms with van der Waals surface area (Å²) in [6.45, 7) is 1.92. The Morgan fingerprint density at radius 2 is 2.00 bits per heavy atom. The number of nitrogen functional groups attached to an aromatic ring is 1. The maximum Gasteiger partial charge on any atom is 0.197 e. The number of anilines is 1. The number of aryl methyl sites for hydroxylation is 1. The van der Waals surface area contributed by atoms with Crippen LogP contribution in [0.2, 0.25) is 0 Å². The van der Waals surface area contributed by atoms with E-state index in [4.69, 9.17) is 11.0 Å². The molecule has 21 heavy (non-hydrogen) atoms. The highest BCUT2D eigenvalue weighted by atomic mass is 16.1. The molecule has 2 aromatic carbocycles. The van der Waals surface area contributed by atoms with Gasteiger partial charge in [0.1, 0.15) is 0 Å². The van der Waals surface area contributed by atoms with E-state index in [1.54, 1.807) is 36.5 Å². The molecule has 102 valence electrons. The van der Waals surface area contributed by atoms with E-state index in [0.29, 0.717) is 22.4 Å². The van der Waals surface area contributed by atoms with Gasteiger partial charge >= 0.3 is 0 Å². The first-order chi connectivity index (χ1) is 10.1. The molecule has 1 aromatic heterocycles. The van der Waals surface area contributed by atoms with Crippen molar-refractivity contribution in [3.63, 3.8) is 0 Å². The standard InChI is InChI=1S/C17H13N3O/c1-10-2-5-15(19)13(6-10)17(21)14-9-20-16-7-11(8-18)3-4-12(14)16/h2-7,9,20H,19H2,1H3. The highest BCUT2D eigenvalue weighted by molar-refractivity contribution is 6.18. The topological polar surface area (TPSA) is 82.7 Å². The van der Waals surface area contributed by atoms with Gasteiger partial charge in [-0.3, -0.25) is 4.79 Å². The van der Waals surface area contributed by atoms with Gasteiger partial charge in [-0.15, -0.1) is 0 Å². The molecule has 0 saturated carbocycles. The number of aromatic amines is 1. The van der Waals surface area contributed by atoms with Crippen molar-refractivity contribution in [2.75, 3.05) is 5.73 Å². The maximum absolute atomic E-state index is 12.7. The molecule has 0 saturated heterocycles. The molecule has 0 amide bonds. The van der Waals surface area contributed by atoms with E-state index in [-0.39, 0.29) is 5.78 Å². The fraction of sp³-hybridized carbons (Fsp3) is 0.0588. The molecular weight excluding hydrogens is 262 g/mol. The summed E-state index contributed by atoms with van der Waals surface area (Å²) in [4.78, 5) is 15.7. The average Bonchev–Trinajstić information content (AvgIpc) is 2.91. The number of ketones is 1. The molecule has 0 radical (unpaired) electrons. The molecule has 0 bridgehead atoms. The fourth-order valence-electron chi connectivity index (χ4n) is 2.40. The van der Waals surface area contributed by atoms with Crippen LogP contribution in [-0.4, -0.2) is 10.8 Å². The van der Waals surface area contributed by atoms with Gasteiger partial charge in [-0.05, 0) is 31.2 Å². The number of carbonyl (C=O) groups excluding carboxylic acids is 1. The minimum absolute atomic E-state index is 0.118. The highest BCUT2D eigenvalue weighted by Gasteiger charge is 2.16. The van der Waals surface area contributed by atoms with Crippen LogP contribution in [0.4, 0.5) is 5.69 Å². The molecule has 3 N–H and O–H groups in total. The van der Waals surface area contributed by atoms with Gasteiger partial charge in [0.2, 0.25) is 0 Å². The van der Waals surface area contributed by atoms with E-state index in [1.165, 1.54) is 0 Å². The zero-order valence-corrected chi connectivity index (χ0v) is 11.5. The summed E-state index contributed by atoms with van der Waals surface area (Å²) < 4.78 is 0. The first-order valence-electron chi connectivity index (χ1n) is 6.52. The van der Waals surface area contributed by atoms with Crippen LogP contribution in [0.1, 0.15) is 27.0 Å². The number of nitriles is 1. The summed E-state index contributed by atoms with van der Waals surface area (Å²) >= 11 is 0. The molecule has 0 aliphatic carbocycles. The van der Waals surface area contributed by atoms with Gasteiger partial charge in [0.15, 0.2) is 5.78 Å². The molecule has 0 spiro atoms. The Labute approximate surface area is 121 Å². The van der Waals surface area contributed by atoms with Gasteiger partial charge < -0.3 is 10.7 Å². The predicted molar refractivity (Wildman–Crippen MR) is 82.0 cm³/mol. The number of H-pyrrole nitrogens is 1. The molecule has 0 fully saturated rings. The summed E-state index contributed by atoms with van der Waals surface area (Å²) in [5.74, 6) is -0.118. The van der Waals surface area contributed by atoms with Gasteiger partial charge in [-0.25, -0.2) is 0 Å². The summed E-state index contributed by atoms with van der Waals surface area (Å²) in [6.07, 6.45) is 1.66. The second-order valence-electron chi connectivity index (χ2n) is 4.99.